The van der Waals surface area contributed by atoms with Crippen molar-refractivity contribution in [2.45, 2.75) is 75.0 Å². The maximum atomic E-state index is 2.54. The smallest absolute Gasteiger partial charge is 0.0542 e. The van der Waals surface area contributed by atoms with E-state index in [2.05, 4.69) is 384 Å². The van der Waals surface area contributed by atoms with E-state index < -0.39 is 0 Å². The van der Waals surface area contributed by atoms with Gasteiger partial charge in [-0.15, -0.1) is 0 Å². The van der Waals surface area contributed by atoms with Crippen LogP contribution in [0.5, 0.6) is 0 Å². The van der Waals surface area contributed by atoms with Crippen molar-refractivity contribution in [1.29, 1.82) is 0 Å². The molecule has 3 heteroatoms. The molecule has 10 aliphatic rings. The number of fused-ring (bicyclic) bond motifs is 11. The quantitative estimate of drug-likeness (QED) is 0.128. The van der Waals surface area contributed by atoms with Crippen LogP contribution in [0.15, 0.2) is 370 Å². The molecule has 8 fully saturated rings. The van der Waals surface area contributed by atoms with Crippen LogP contribution in [0.4, 0.5) is 34.1 Å². The van der Waals surface area contributed by atoms with Crippen molar-refractivity contribution in [3.05, 3.63) is 392 Å². The van der Waals surface area contributed by atoms with Gasteiger partial charge in [0.25, 0.3) is 0 Å². The number of hydrogen-bond donors (Lipinski definition) is 0. The molecular weight excluding hydrogens is 1390 g/mol. The summed E-state index contributed by atoms with van der Waals surface area (Å²) in [6.45, 7) is 0. The Morgan fingerprint density at radius 1 is 0.217 bits per heavy atom. The first kappa shape index (κ1) is 67.0. The predicted molar refractivity (Wildman–Crippen MR) is 480 cm³/mol. The number of anilines is 6. The van der Waals surface area contributed by atoms with Gasteiger partial charge in [-0.1, -0.05) is 261 Å². The summed E-state index contributed by atoms with van der Waals surface area (Å²) in [7, 11) is 0. The zero-order valence-electron chi connectivity index (χ0n) is 64.7. The molecule has 10 aliphatic carbocycles. The van der Waals surface area contributed by atoms with E-state index in [1.807, 2.05) is 0 Å². The number of hydrogen-bond acceptors (Lipinski definition) is 2. The summed E-state index contributed by atoms with van der Waals surface area (Å²) < 4.78 is 2.39. The summed E-state index contributed by atoms with van der Waals surface area (Å²) >= 11 is 0. The van der Waals surface area contributed by atoms with Crippen LogP contribution in [0, 0.1) is 47.3 Å². The van der Waals surface area contributed by atoms with Gasteiger partial charge in [0, 0.05) is 61.3 Å². The Morgan fingerprint density at radius 2 is 0.583 bits per heavy atom. The molecule has 1 aromatic heterocycles. The molecule has 1 heterocycles. The molecule has 0 atom stereocenters. The third kappa shape index (κ3) is 10.5. The number of rotatable bonds is 11. The third-order valence-corrected chi connectivity index (χ3v) is 29.4. The van der Waals surface area contributed by atoms with Gasteiger partial charge in [0.2, 0.25) is 0 Å². The first-order valence-electron chi connectivity index (χ1n) is 42.5. The molecule has 8 bridgehead atoms. The van der Waals surface area contributed by atoms with Gasteiger partial charge in [-0.3, -0.25) is 0 Å². The first-order chi connectivity index (χ1) is 56.9. The lowest BCUT2D eigenvalue weighted by Crippen LogP contribution is -2.55. The molecule has 2 spiro atoms. The molecule has 115 heavy (non-hydrogen) atoms. The molecular formula is C112H89N3. The highest BCUT2D eigenvalue weighted by atomic mass is 15.2. The summed E-state index contributed by atoms with van der Waals surface area (Å²) in [5, 5.41) is 7.46. The van der Waals surface area contributed by atoms with Crippen LogP contribution in [-0.4, -0.2) is 4.57 Å². The van der Waals surface area contributed by atoms with Crippen LogP contribution in [0.3, 0.4) is 0 Å². The van der Waals surface area contributed by atoms with Crippen LogP contribution in [-0.2, 0) is 10.8 Å². The molecule has 16 aromatic carbocycles. The number of benzene rings is 16. The molecule has 0 amide bonds. The van der Waals surface area contributed by atoms with Crippen molar-refractivity contribution in [2.24, 2.45) is 47.3 Å². The Balaban J connectivity index is 0.000000133. The Labute approximate surface area is 674 Å². The molecule has 0 N–H and O–H groups in total. The van der Waals surface area contributed by atoms with E-state index in [1.165, 1.54) is 180 Å². The Bertz CT molecular complexity index is 6630. The van der Waals surface area contributed by atoms with E-state index in [-0.39, 0.29) is 10.8 Å². The maximum absolute atomic E-state index is 2.54. The highest BCUT2D eigenvalue weighted by molar-refractivity contribution is 6.11. The number of nitrogens with zero attached hydrogens (tertiary/aromatic N) is 3. The van der Waals surface area contributed by atoms with Gasteiger partial charge in [0.15, 0.2) is 0 Å². The van der Waals surface area contributed by atoms with Gasteiger partial charge >= 0.3 is 0 Å². The van der Waals surface area contributed by atoms with Crippen molar-refractivity contribution < 1.29 is 0 Å². The SMILES string of the molecule is c1ccc(-c2ccc(N(c3ccc(-c4ccc5c(c4)-c4ccccc4C54C5CC6CC(C5)CC4C6)cc3)c3ccc4ccccc4c3)c(-c3ccccc3)c2)cc1.c1ccc(-n2c3ccccc3c3cc(N(c4ccc(-c5ccc6c(c5)-c5ccccc5C65C6CC7CC(C6)CC5C7)cc4)c4ccc5ccccc5c4)ccc32)cc1. The van der Waals surface area contributed by atoms with Crippen LogP contribution in [0.25, 0.3) is 116 Å². The van der Waals surface area contributed by atoms with Crippen LogP contribution >= 0.6 is 0 Å². The number of aromatic nitrogens is 1. The minimum atomic E-state index is 0.203. The van der Waals surface area contributed by atoms with Gasteiger partial charge in [0.1, 0.15) is 0 Å². The second-order valence-electron chi connectivity index (χ2n) is 35.1. The van der Waals surface area contributed by atoms with E-state index in [9.17, 15) is 0 Å². The molecule has 27 rings (SSSR count). The van der Waals surface area contributed by atoms with E-state index >= 15 is 0 Å². The third-order valence-electron chi connectivity index (χ3n) is 29.4. The van der Waals surface area contributed by atoms with E-state index in [1.54, 1.807) is 22.3 Å². The molecule has 3 nitrogen and oxygen atoms in total. The normalized spacial score (nSPS) is 22.5. The van der Waals surface area contributed by atoms with Gasteiger partial charge < -0.3 is 14.4 Å². The fraction of sp³-hybridized carbons (Fsp3) is 0.179. The predicted octanol–water partition coefficient (Wildman–Crippen LogP) is 29.8. The summed E-state index contributed by atoms with van der Waals surface area (Å²) in [5.74, 6) is 6.94. The average Bonchev–Trinajstić information content (AvgIpc) is 1.55. The minimum Gasteiger partial charge on any atom is -0.310 e. The molecule has 17 aromatic rings. The molecule has 0 saturated heterocycles. The van der Waals surface area contributed by atoms with Crippen molar-refractivity contribution in [1.82, 2.24) is 4.57 Å². The van der Waals surface area contributed by atoms with Crippen LogP contribution < -0.4 is 9.80 Å². The maximum Gasteiger partial charge on any atom is 0.0542 e. The molecule has 0 radical (unpaired) electrons. The summed E-state index contributed by atoms with van der Waals surface area (Å²) in [5.41, 5.74) is 33.2. The summed E-state index contributed by atoms with van der Waals surface area (Å²) in [6.07, 6.45) is 14.3. The fourth-order valence-corrected chi connectivity index (χ4v) is 25.1. The molecule has 8 saturated carbocycles. The molecule has 552 valence electrons. The molecule has 0 unspecified atom stereocenters. The summed E-state index contributed by atoms with van der Waals surface area (Å²) in [6, 6.07) is 139. The van der Waals surface area contributed by atoms with Gasteiger partial charge in [-0.05, 0) is 326 Å². The number of para-hydroxylation sites is 2. The van der Waals surface area contributed by atoms with Crippen LogP contribution in [0.1, 0.15) is 86.5 Å². The van der Waals surface area contributed by atoms with E-state index in [4.69, 9.17) is 0 Å². The zero-order valence-corrected chi connectivity index (χ0v) is 64.7. The second-order valence-corrected chi connectivity index (χ2v) is 35.1. The van der Waals surface area contributed by atoms with E-state index in [0.717, 1.165) is 81.5 Å². The van der Waals surface area contributed by atoms with E-state index in [0.29, 0.717) is 0 Å². The van der Waals surface area contributed by atoms with Crippen molar-refractivity contribution in [3.8, 4) is 72.4 Å². The van der Waals surface area contributed by atoms with Crippen molar-refractivity contribution in [3.63, 3.8) is 0 Å². The first-order valence-corrected chi connectivity index (χ1v) is 42.5. The largest absolute Gasteiger partial charge is 0.310 e. The Hall–Kier alpha value is -12.6. The lowest BCUT2D eigenvalue weighted by molar-refractivity contribution is -0.0399. The monoisotopic (exact) mass is 1480 g/mol. The van der Waals surface area contributed by atoms with Gasteiger partial charge in [0.05, 0.1) is 16.7 Å². The highest BCUT2D eigenvalue weighted by Crippen LogP contribution is 2.71. The Kier molecular flexibility index (Phi) is 15.4. The lowest BCUT2D eigenvalue weighted by atomic mass is 9.43. The minimum absolute atomic E-state index is 0.203. The van der Waals surface area contributed by atoms with Gasteiger partial charge in [-0.2, -0.15) is 0 Å². The second kappa shape index (κ2) is 26.5. The van der Waals surface area contributed by atoms with Crippen LogP contribution in [0.2, 0.25) is 0 Å². The topological polar surface area (TPSA) is 11.4 Å². The molecule has 0 aliphatic heterocycles. The fourth-order valence-electron chi connectivity index (χ4n) is 25.1. The van der Waals surface area contributed by atoms with Crippen molar-refractivity contribution in [2.75, 3.05) is 9.80 Å². The lowest BCUT2D eigenvalue weighted by Gasteiger charge is -2.61. The average molecular weight is 1480 g/mol. The highest BCUT2D eigenvalue weighted by Gasteiger charge is 2.63. The van der Waals surface area contributed by atoms with Crippen molar-refractivity contribution >= 4 is 77.5 Å². The zero-order chi connectivity index (χ0) is 75.5. The summed E-state index contributed by atoms with van der Waals surface area (Å²) in [4.78, 5) is 4.88. The Morgan fingerprint density at radius 3 is 1.11 bits per heavy atom. The van der Waals surface area contributed by atoms with Gasteiger partial charge in [-0.25, -0.2) is 0 Å². The standard InChI is InChI=1S/C56H44N2.C56H45N/c1-2-12-44(13-3-1)58-54-17-9-7-15-49(54)51-35-47(25-27-55(51)58)57(46-24-20-38-10-4-5-11-40(38)33-46)45-22-18-39(19-23-45)41-21-26-53-50(34-41)48-14-6-8-16-52(48)56(53)42-29-36-28-37(31-42)32-43(56)30-36;1-3-11-39(12-4-1)45-23-28-55(51(35-45)42-14-5-2-6-15-42)57(49-26-21-40-13-7-8-16-43(40)34-49)48-24-19-41(20-25-48)44-22-27-54-52(36-44)50-17-9-10-18-53(50)56(54)46-30-37-29-38(32-46)33-47(56)31-37/h1-27,33-37,42-43H,28-32H2;1-28,34-38,46-47H,29-33H2.